The molecule has 0 saturated carbocycles. The van der Waals surface area contributed by atoms with Gasteiger partial charge in [-0.2, -0.15) is 5.26 Å². The molecule has 0 spiro atoms. The number of aryl methyl sites for hydroxylation is 1. The molecule has 0 aliphatic carbocycles. The van der Waals surface area contributed by atoms with Crippen molar-refractivity contribution in [1.29, 1.82) is 5.26 Å². The molecule has 33 heavy (non-hydrogen) atoms. The highest BCUT2D eigenvalue weighted by atomic mass is 32.2. The lowest BCUT2D eigenvalue weighted by molar-refractivity contribution is -0.140. The van der Waals surface area contributed by atoms with Crippen LogP contribution in [0.4, 0.5) is 5.69 Å². The standard InChI is InChI=1S/C24H25N3O5S/c1-15-6-8-17(9-7-15)27-20(28)14-33-23-18(13-25)22(19-5-4-10-31-19)21(16(2)26-23)24(29)32-12-11-30-3/h4-10,22,26H,11-12,14H2,1-3H3,(H,27,28). The normalized spacial score (nSPS) is 15.6. The number of anilines is 1. The number of furan rings is 1. The zero-order valence-corrected chi connectivity index (χ0v) is 19.5. The van der Waals surface area contributed by atoms with E-state index in [4.69, 9.17) is 13.9 Å². The summed E-state index contributed by atoms with van der Waals surface area (Å²) >= 11 is 1.19. The van der Waals surface area contributed by atoms with E-state index in [1.165, 1.54) is 25.1 Å². The highest BCUT2D eigenvalue weighted by Gasteiger charge is 2.37. The Morgan fingerprint density at radius 2 is 1.97 bits per heavy atom. The molecule has 0 fully saturated rings. The van der Waals surface area contributed by atoms with E-state index in [1.807, 2.05) is 31.2 Å². The molecule has 1 amide bonds. The number of ether oxygens (including phenoxy) is 2. The minimum Gasteiger partial charge on any atom is -0.468 e. The number of hydrogen-bond donors (Lipinski definition) is 2. The summed E-state index contributed by atoms with van der Waals surface area (Å²) in [6, 6.07) is 13.1. The highest BCUT2D eigenvalue weighted by Crippen LogP contribution is 2.41. The Balaban J connectivity index is 1.80. The number of dihydropyridines is 1. The molecule has 1 atom stereocenters. The Morgan fingerprint density at radius 1 is 1.21 bits per heavy atom. The Bertz CT molecular complexity index is 1100. The van der Waals surface area contributed by atoms with Crippen molar-refractivity contribution < 1.29 is 23.5 Å². The summed E-state index contributed by atoms with van der Waals surface area (Å²) in [6.07, 6.45) is 1.48. The van der Waals surface area contributed by atoms with Crippen LogP contribution in [0.15, 0.2) is 69.0 Å². The Morgan fingerprint density at radius 3 is 2.61 bits per heavy atom. The summed E-state index contributed by atoms with van der Waals surface area (Å²) < 4.78 is 15.8. The average Bonchev–Trinajstić information content (AvgIpc) is 3.33. The third-order valence-electron chi connectivity index (χ3n) is 4.90. The van der Waals surface area contributed by atoms with Gasteiger partial charge in [-0.15, -0.1) is 0 Å². The van der Waals surface area contributed by atoms with Crippen LogP contribution in [0.5, 0.6) is 0 Å². The predicted octanol–water partition coefficient (Wildman–Crippen LogP) is 3.85. The first-order chi connectivity index (χ1) is 15.9. The van der Waals surface area contributed by atoms with Gasteiger partial charge >= 0.3 is 5.97 Å². The number of methoxy groups -OCH3 is 1. The molecule has 9 heteroatoms. The number of carbonyl (C=O) groups excluding carboxylic acids is 2. The molecule has 1 aliphatic rings. The van der Waals surface area contributed by atoms with Gasteiger partial charge < -0.3 is 24.5 Å². The molecule has 3 rings (SSSR count). The van der Waals surface area contributed by atoms with Crippen molar-refractivity contribution in [2.24, 2.45) is 0 Å². The predicted molar refractivity (Wildman–Crippen MR) is 125 cm³/mol. The lowest BCUT2D eigenvalue weighted by atomic mass is 9.86. The van der Waals surface area contributed by atoms with Crippen molar-refractivity contribution >= 4 is 29.3 Å². The maximum absolute atomic E-state index is 12.8. The van der Waals surface area contributed by atoms with Crippen molar-refractivity contribution in [1.82, 2.24) is 5.32 Å². The van der Waals surface area contributed by atoms with Gasteiger partial charge in [-0.3, -0.25) is 4.79 Å². The minimum absolute atomic E-state index is 0.0766. The van der Waals surface area contributed by atoms with Crippen LogP contribution < -0.4 is 10.6 Å². The molecule has 0 radical (unpaired) electrons. The van der Waals surface area contributed by atoms with Crippen LogP contribution in [0.2, 0.25) is 0 Å². The highest BCUT2D eigenvalue weighted by molar-refractivity contribution is 8.03. The zero-order chi connectivity index (χ0) is 23.8. The number of carbonyl (C=O) groups is 2. The first-order valence-electron chi connectivity index (χ1n) is 10.3. The molecule has 1 unspecified atom stereocenters. The van der Waals surface area contributed by atoms with Gasteiger partial charge in [0.05, 0.1) is 46.8 Å². The van der Waals surface area contributed by atoms with E-state index in [0.29, 0.717) is 22.2 Å². The Kier molecular flexibility index (Phi) is 8.35. The van der Waals surface area contributed by atoms with Gasteiger partial charge in [-0.25, -0.2) is 4.79 Å². The largest absolute Gasteiger partial charge is 0.468 e. The first kappa shape index (κ1) is 24.2. The van der Waals surface area contributed by atoms with Gasteiger partial charge in [0.1, 0.15) is 12.4 Å². The molecule has 0 saturated heterocycles. The molecule has 1 aliphatic heterocycles. The van der Waals surface area contributed by atoms with Crippen LogP contribution in [0, 0.1) is 18.3 Å². The van der Waals surface area contributed by atoms with Crippen LogP contribution in [-0.4, -0.2) is 38.0 Å². The van der Waals surface area contributed by atoms with E-state index in [9.17, 15) is 14.9 Å². The second-order valence-corrected chi connectivity index (χ2v) is 8.28. The molecule has 1 aromatic heterocycles. The van der Waals surface area contributed by atoms with E-state index in [0.717, 1.165) is 5.56 Å². The van der Waals surface area contributed by atoms with Crippen molar-refractivity contribution in [2.75, 3.05) is 31.4 Å². The van der Waals surface area contributed by atoms with Gasteiger partial charge in [0.25, 0.3) is 0 Å². The second-order valence-electron chi connectivity index (χ2n) is 7.30. The fourth-order valence-electron chi connectivity index (χ4n) is 3.30. The number of nitriles is 1. The van der Waals surface area contributed by atoms with Crippen LogP contribution in [0.3, 0.4) is 0 Å². The Hall–Kier alpha value is -3.48. The monoisotopic (exact) mass is 467 g/mol. The molecule has 2 N–H and O–H groups in total. The van der Waals surface area contributed by atoms with Gasteiger partial charge in [0, 0.05) is 18.5 Å². The summed E-state index contributed by atoms with van der Waals surface area (Å²) in [6.45, 7) is 4.04. The van der Waals surface area contributed by atoms with Crippen molar-refractivity contribution in [3.63, 3.8) is 0 Å². The average molecular weight is 468 g/mol. The summed E-state index contributed by atoms with van der Waals surface area (Å²) in [5.74, 6) is -1.01. The number of rotatable bonds is 9. The van der Waals surface area contributed by atoms with Crippen LogP contribution in [0.25, 0.3) is 0 Å². The quantitative estimate of drug-likeness (QED) is 0.422. The minimum atomic E-state index is -0.746. The van der Waals surface area contributed by atoms with E-state index < -0.39 is 11.9 Å². The number of amides is 1. The number of nitrogens with one attached hydrogen (secondary N) is 2. The summed E-state index contributed by atoms with van der Waals surface area (Å²) in [5, 5.41) is 16.4. The summed E-state index contributed by atoms with van der Waals surface area (Å²) in [4.78, 5) is 25.3. The zero-order valence-electron chi connectivity index (χ0n) is 18.6. The van der Waals surface area contributed by atoms with Gasteiger partial charge in [0.2, 0.25) is 5.91 Å². The second kappa shape index (κ2) is 11.4. The maximum Gasteiger partial charge on any atom is 0.336 e. The van der Waals surface area contributed by atoms with Crippen LogP contribution >= 0.6 is 11.8 Å². The van der Waals surface area contributed by atoms with Crippen molar-refractivity contribution in [3.8, 4) is 6.07 Å². The number of thioether (sulfide) groups is 1. The molecule has 2 aromatic rings. The topological polar surface area (TPSA) is 114 Å². The van der Waals surface area contributed by atoms with Crippen LogP contribution in [0.1, 0.15) is 24.2 Å². The van der Waals surface area contributed by atoms with Crippen molar-refractivity contribution in [2.45, 2.75) is 19.8 Å². The number of allylic oxidation sites excluding steroid dienone is 2. The van der Waals surface area contributed by atoms with Gasteiger partial charge in [0.15, 0.2) is 0 Å². The number of nitrogens with zero attached hydrogens (tertiary/aromatic N) is 1. The number of hydrogen-bond acceptors (Lipinski definition) is 8. The van der Waals surface area contributed by atoms with E-state index in [2.05, 4.69) is 16.7 Å². The molecule has 0 bridgehead atoms. The van der Waals surface area contributed by atoms with E-state index in [1.54, 1.807) is 19.1 Å². The first-order valence-corrected chi connectivity index (χ1v) is 11.2. The maximum atomic E-state index is 12.8. The molecular weight excluding hydrogens is 442 g/mol. The van der Waals surface area contributed by atoms with Gasteiger partial charge in [-0.05, 0) is 38.1 Å². The SMILES string of the molecule is COCCOC(=O)C1=C(C)NC(SCC(=O)Nc2ccc(C)cc2)=C(C#N)C1c1ccco1. The Labute approximate surface area is 196 Å². The molecule has 2 heterocycles. The van der Waals surface area contributed by atoms with E-state index >= 15 is 0 Å². The lowest BCUT2D eigenvalue weighted by Crippen LogP contribution is -2.29. The third kappa shape index (κ3) is 6.06. The molecule has 1 aromatic carbocycles. The fraction of sp³-hybridized carbons (Fsp3) is 0.292. The summed E-state index contributed by atoms with van der Waals surface area (Å²) in [5.41, 5.74) is 2.89. The number of esters is 1. The van der Waals surface area contributed by atoms with Gasteiger partial charge in [-0.1, -0.05) is 29.5 Å². The fourth-order valence-corrected chi connectivity index (χ4v) is 4.20. The number of benzene rings is 1. The lowest BCUT2D eigenvalue weighted by Gasteiger charge is -2.27. The smallest absolute Gasteiger partial charge is 0.336 e. The summed E-state index contributed by atoms with van der Waals surface area (Å²) in [7, 11) is 1.52. The molecular formula is C24H25N3O5S. The van der Waals surface area contributed by atoms with Crippen molar-refractivity contribution in [3.05, 3.63) is 75.9 Å². The molecule has 172 valence electrons. The van der Waals surface area contributed by atoms with E-state index in [-0.39, 0.29) is 36.0 Å². The third-order valence-corrected chi connectivity index (χ3v) is 5.92. The molecule has 8 nitrogen and oxygen atoms in total. The van der Waals surface area contributed by atoms with Crippen LogP contribution in [-0.2, 0) is 19.1 Å².